The van der Waals surface area contributed by atoms with Gasteiger partial charge in [0.05, 0.1) is 0 Å². The van der Waals surface area contributed by atoms with Gasteiger partial charge in [0.25, 0.3) is 0 Å². The fourth-order valence-electron chi connectivity index (χ4n) is 3.87. The number of hydrogen-bond acceptors (Lipinski definition) is 1. The van der Waals surface area contributed by atoms with Crippen LogP contribution in [0.5, 0.6) is 0 Å². The number of nitrogens with zero attached hydrogens (tertiary/aromatic N) is 1. The van der Waals surface area contributed by atoms with Crippen LogP contribution in [-0.2, 0) is 13.0 Å². The molecule has 2 aromatic rings. The lowest BCUT2D eigenvalue weighted by molar-refractivity contribution is 0.235. The number of alkyl halides is 1. The van der Waals surface area contributed by atoms with Crippen molar-refractivity contribution in [3.8, 4) is 0 Å². The number of aryl methyl sites for hydroxylation is 1. The van der Waals surface area contributed by atoms with Crippen LogP contribution in [0.2, 0.25) is 0 Å². The van der Waals surface area contributed by atoms with Crippen LogP contribution in [0.1, 0.15) is 54.7 Å². The smallest absolute Gasteiger partial charge is 0.100 e. The first-order chi connectivity index (χ1) is 12.2. The SMILES string of the molecule is CN(CCCc1ccc(C2CCC(F)CC2)cc1)Cc1ccccc1. The highest BCUT2D eigenvalue weighted by Crippen LogP contribution is 2.34. The minimum absolute atomic E-state index is 0.566. The number of benzene rings is 2. The van der Waals surface area contributed by atoms with Gasteiger partial charge in [0, 0.05) is 6.54 Å². The summed E-state index contributed by atoms with van der Waals surface area (Å²) in [6, 6.07) is 19.7. The summed E-state index contributed by atoms with van der Waals surface area (Å²) in [7, 11) is 2.19. The molecule has 1 aliphatic carbocycles. The first-order valence-electron chi connectivity index (χ1n) is 9.66. The molecule has 0 radical (unpaired) electrons. The molecule has 0 saturated heterocycles. The zero-order valence-corrected chi connectivity index (χ0v) is 15.3. The van der Waals surface area contributed by atoms with Gasteiger partial charge in [-0.2, -0.15) is 0 Å². The van der Waals surface area contributed by atoms with Crippen molar-refractivity contribution in [1.29, 1.82) is 0 Å². The second-order valence-corrected chi connectivity index (χ2v) is 7.52. The minimum Gasteiger partial charge on any atom is -0.302 e. The van der Waals surface area contributed by atoms with Crippen molar-refractivity contribution in [3.05, 3.63) is 71.3 Å². The van der Waals surface area contributed by atoms with Crippen LogP contribution in [-0.4, -0.2) is 24.7 Å². The highest BCUT2D eigenvalue weighted by molar-refractivity contribution is 5.26. The van der Waals surface area contributed by atoms with Crippen LogP contribution in [0.3, 0.4) is 0 Å². The van der Waals surface area contributed by atoms with Gasteiger partial charge in [-0.15, -0.1) is 0 Å². The van der Waals surface area contributed by atoms with Crippen molar-refractivity contribution in [1.82, 2.24) is 4.90 Å². The molecule has 0 heterocycles. The first kappa shape index (κ1) is 18.1. The van der Waals surface area contributed by atoms with E-state index in [0.29, 0.717) is 5.92 Å². The maximum absolute atomic E-state index is 13.3. The largest absolute Gasteiger partial charge is 0.302 e. The predicted molar refractivity (Wildman–Crippen MR) is 104 cm³/mol. The molecule has 1 saturated carbocycles. The Morgan fingerprint density at radius 3 is 2.24 bits per heavy atom. The Balaban J connectivity index is 1.41. The van der Waals surface area contributed by atoms with E-state index >= 15 is 0 Å². The molecule has 0 spiro atoms. The van der Waals surface area contributed by atoms with Gasteiger partial charge >= 0.3 is 0 Å². The monoisotopic (exact) mass is 339 g/mol. The molecule has 0 aliphatic heterocycles. The average molecular weight is 339 g/mol. The Hall–Kier alpha value is -1.67. The van der Waals surface area contributed by atoms with Crippen molar-refractivity contribution < 1.29 is 4.39 Å². The topological polar surface area (TPSA) is 3.24 Å². The van der Waals surface area contributed by atoms with Crippen LogP contribution in [0.15, 0.2) is 54.6 Å². The lowest BCUT2D eigenvalue weighted by atomic mass is 9.83. The molecule has 0 unspecified atom stereocenters. The summed E-state index contributed by atoms with van der Waals surface area (Å²) in [5.41, 5.74) is 4.19. The van der Waals surface area contributed by atoms with Gasteiger partial charge in [0.1, 0.15) is 6.17 Å². The second kappa shape index (κ2) is 9.15. The molecule has 3 rings (SSSR count). The zero-order valence-electron chi connectivity index (χ0n) is 15.3. The molecule has 25 heavy (non-hydrogen) atoms. The molecule has 0 amide bonds. The van der Waals surface area contributed by atoms with Gasteiger partial charge in [-0.05, 0) is 74.7 Å². The Morgan fingerprint density at radius 2 is 1.56 bits per heavy atom. The third-order valence-electron chi connectivity index (χ3n) is 5.41. The predicted octanol–water partition coefficient (Wildman–Crippen LogP) is 5.75. The highest BCUT2D eigenvalue weighted by atomic mass is 19.1. The van der Waals surface area contributed by atoms with E-state index < -0.39 is 6.17 Å². The van der Waals surface area contributed by atoms with E-state index in [1.807, 2.05) is 0 Å². The third-order valence-corrected chi connectivity index (χ3v) is 5.41. The molecule has 0 aromatic heterocycles. The number of halogens is 1. The third kappa shape index (κ3) is 5.67. The summed E-state index contributed by atoms with van der Waals surface area (Å²) in [5, 5.41) is 0. The highest BCUT2D eigenvalue weighted by Gasteiger charge is 2.21. The van der Waals surface area contributed by atoms with Gasteiger partial charge in [-0.1, -0.05) is 54.6 Å². The molecule has 0 atom stereocenters. The van der Waals surface area contributed by atoms with Crippen LogP contribution in [0.4, 0.5) is 4.39 Å². The molecule has 0 N–H and O–H groups in total. The van der Waals surface area contributed by atoms with E-state index in [-0.39, 0.29) is 0 Å². The molecule has 2 heteroatoms. The normalized spacial score (nSPS) is 20.8. The average Bonchev–Trinajstić information content (AvgIpc) is 2.64. The molecule has 1 aliphatic rings. The van der Waals surface area contributed by atoms with Crippen LogP contribution >= 0.6 is 0 Å². The zero-order chi connectivity index (χ0) is 17.5. The van der Waals surface area contributed by atoms with Crippen molar-refractivity contribution in [2.24, 2.45) is 0 Å². The lowest BCUT2D eigenvalue weighted by Crippen LogP contribution is -2.19. The van der Waals surface area contributed by atoms with Gasteiger partial charge in [-0.3, -0.25) is 0 Å². The number of hydrogen-bond donors (Lipinski definition) is 0. The first-order valence-corrected chi connectivity index (χ1v) is 9.66. The summed E-state index contributed by atoms with van der Waals surface area (Å²) >= 11 is 0. The maximum atomic E-state index is 13.3. The summed E-state index contributed by atoms with van der Waals surface area (Å²) in [4.78, 5) is 2.39. The summed E-state index contributed by atoms with van der Waals surface area (Å²) in [6.45, 7) is 2.12. The van der Waals surface area contributed by atoms with E-state index in [0.717, 1.165) is 45.2 Å². The van der Waals surface area contributed by atoms with Gasteiger partial charge < -0.3 is 4.90 Å². The van der Waals surface area contributed by atoms with Crippen molar-refractivity contribution >= 4 is 0 Å². The summed E-state index contributed by atoms with van der Waals surface area (Å²) < 4.78 is 13.3. The molecule has 1 fully saturated rings. The quantitative estimate of drug-likeness (QED) is 0.621. The van der Waals surface area contributed by atoms with Gasteiger partial charge in [0.2, 0.25) is 0 Å². The minimum atomic E-state index is -0.566. The fraction of sp³-hybridized carbons (Fsp3) is 0.478. The van der Waals surface area contributed by atoms with Crippen molar-refractivity contribution in [3.63, 3.8) is 0 Å². The Labute approximate surface area is 151 Å². The fourth-order valence-corrected chi connectivity index (χ4v) is 3.87. The van der Waals surface area contributed by atoms with E-state index in [4.69, 9.17) is 0 Å². The van der Waals surface area contributed by atoms with Crippen LogP contribution in [0.25, 0.3) is 0 Å². The maximum Gasteiger partial charge on any atom is 0.100 e. The molecular formula is C23H30FN. The van der Waals surface area contributed by atoms with Crippen molar-refractivity contribution in [2.75, 3.05) is 13.6 Å². The molecule has 0 bridgehead atoms. The molecule has 1 nitrogen and oxygen atoms in total. The Morgan fingerprint density at radius 1 is 0.880 bits per heavy atom. The van der Waals surface area contributed by atoms with E-state index in [2.05, 4.69) is 66.5 Å². The number of rotatable bonds is 7. The Kier molecular flexibility index (Phi) is 6.63. The second-order valence-electron chi connectivity index (χ2n) is 7.52. The van der Waals surface area contributed by atoms with E-state index in [1.165, 1.54) is 23.1 Å². The van der Waals surface area contributed by atoms with E-state index in [1.54, 1.807) is 0 Å². The standard InChI is InChI=1S/C23H30FN/c1-25(18-20-6-3-2-4-7-20)17-5-8-19-9-11-21(12-10-19)22-13-15-23(24)16-14-22/h2-4,6-7,9-12,22-23H,5,8,13-18H2,1H3. The van der Waals surface area contributed by atoms with Crippen LogP contribution in [0, 0.1) is 0 Å². The van der Waals surface area contributed by atoms with E-state index in [9.17, 15) is 4.39 Å². The Bertz CT molecular complexity index is 614. The molecule has 134 valence electrons. The summed E-state index contributed by atoms with van der Waals surface area (Å²) in [6.07, 6.45) is 5.21. The van der Waals surface area contributed by atoms with Gasteiger partial charge in [-0.25, -0.2) is 4.39 Å². The van der Waals surface area contributed by atoms with Crippen molar-refractivity contribution in [2.45, 2.75) is 57.2 Å². The summed E-state index contributed by atoms with van der Waals surface area (Å²) in [5.74, 6) is 0.568. The molecular weight excluding hydrogens is 309 g/mol. The van der Waals surface area contributed by atoms with Crippen LogP contribution < -0.4 is 0 Å². The van der Waals surface area contributed by atoms with Gasteiger partial charge in [0.15, 0.2) is 0 Å². The lowest BCUT2D eigenvalue weighted by Gasteiger charge is -2.24. The molecule has 2 aromatic carbocycles.